The highest BCUT2D eigenvalue weighted by Crippen LogP contribution is 2.27. The van der Waals surface area contributed by atoms with E-state index in [-0.39, 0.29) is 12.3 Å². The normalized spacial score (nSPS) is 10.5. The maximum absolute atomic E-state index is 11.8. The Kier molecular flexibility index (Phi) is 4.84. The van der Waals surface area contributed by atoms with Gasteiger partial charge < -0.3 is 9.73 Å². The average molecular weight is 413 g/mol. The van der Waals surface area contributed by atoms with E-state index in [9.17, 15) is 9.59 Å². The summed E-state index contributed by atoms with van der Waals surface area (Å²) in [5, 5.41) is 18.0. The van der Waals surface area contributed by atoms with Gasteiger partial charge in [-0.05, 0) is 39.5 Å². The van der Waals surface area contributed by atoms with Crippen molar-refractivity contribution >= 4 is 55.5 Å². The molecule has 10 heteroatoms. The fraction of sp³-hybridized carbons (Fsp3) is 0.0769. The number of anilines is 1. The third kappa shape index (κ3) is 4.03. The number of hydrogen-bond donors (Lipinski definition) is 2. The largest absolute Gasteiger partial charge is 0.444 e. The van der Waals surface area contributed by atoms with E-state index in [0.717, 1.165) is 10.6 Å². The number of carbonyl (C=O) groups is 2. The summed E-state index contributed by atoms with van der Waals surface area (Å²) in [6.07, 6.45) is 0. The van der Waals surface area contributed by atoms with Crippen LogP contribution in [0.1, 0.15) is 10.6 Å². The minimum atomic E-state index is -0.470. The predicted octanol–water partition coefficient (Wildman–Crippen LogP) is 2.99. The van der Waals surface area contributed by atoms with Gasteiger partial charge in [0.2, 0.25) is 11.0 Å². The SMILES string of the molecule is O=C(CNC(=O)c1ccc(Br)o1)Nc1nnc(-c2ccsc2)s1. The molecule has 0 aliphatic rings. The molecule has 3 rings (SSSR count). The highest BCUT2D eigenvalue weighted by Gasteiger charge is 2.13. The second-order valence-corrected chi connectivity index (χ2v) is 6.80. The molecule has 0 spiro atoms. The third-order valence-corrected chi connectivity index (χ3v) is 4.64. The van der Waals surface area contributed by atoms with E-state index >= 15 is 0 Å². The quantitative estimate of drug-likeness (QED) is 0.671. The van der Waals surface area contributed by atoms with Gasteiger partial charge in [-0.25, -0.2) is 0 Å². The Bertz CT molecular complexity index is 828. The zero-order valence-electron chi connectivity index (χ0n) is 11.4. The summed E-state index contributed by atoms with van der Waals surface area (Å²) < 4.78 is 5.54. The van der Waals surface area contributed by atoms with Crippen molar-refractivity contribution in [1.29, 1.82) is 0 Å². The molecule has 0 bridgehead atoms. The Hall–Kier alpha value is -2.04. The van der Waals surface area contributed by atoms with Crippen LogP contribution in [0.2, 0.25) is 0 Å². The Morgan fingerprint density at radius 3 is 2.83 bits per heavy atom. The lowest BCUT2D eigenvalue weighted by atomic mass is 10.4. The summed E-state index contributed by atoms with van der Waals surface area (Å²) in [7, 11) is 0. The molecule has 0 aliphatic carbocycles. The van der Waals surface area contributed by atoms with Gasteiger partial charge in [0.15, 0.2) is 10.4 Å². The van der Waals surface area contributed by atoms with Crippen molar-refractivity contribution in [3.63, 3.8) is 0 Å². The molecule has 0 aliphatic heterocycles. The molecule has 2 N–H and O–H groups in total. The number of halogens is 1. The topological polar surface area (TPSA) is 97.1 Å². The van der Waals surface area contributed by atoms with Gasteiger partial charge in [-0.2, -0.15) is 11.3 Å². The van der Waals surface area contributed by atoms with E-state index in [1.807, 2.05) is 16.8 Å². The summed E-state index contributed by atoms with van der Waals surface area (Å²) in [4.78, 5) is 23.6. The van der Waals surface area contributed by atoms with Gasteiger partial charge in [-0.1, -0.05) is 11.3 Å². The average Bonchev–Trinajstić information content (AvgIpc) is 3.25. The first-order chi connectivity index (χ1) is 11.1. The Balaban J connectivity index is 1.52. The van der Waals surface area contributed by atoms with Crippen molar-refractivity contribution in [3.8, 4) is 10.6 Å². The maximum Gasteiger partial charge on any atom is 0.287 e. The van der Waals surface area contributed by atoms with Gasteiger partial charge in [0, 0.05) is 10.9 Å². The van der Waals surface area contributed by atoms with E-state index in [0.29, 0.717) is 9.80 Å². The number of aromatic nitrogens is 2. The first kappa shape index (κ1) is 15.8. The fourth-order valence-electron chi connectivity index (χ4n) is 1.62. The molecule has 0 saturated carbocycles. The van der Waals surface area contributed by atoms with Gasteiger partial charge in [-0.15, -0.1) is 10.2 Å². The van der Waals surface area contributed by atoms with Crippen molar-refractivity contribution < 1.29 is 14.0 Å². The van der Waals surface area contributed by atoms with Crippen LogP contribution in [0, 0.1) is 0 Å². The summed E-state index contributed by atoms with van der Waals surface area (Å²) in [6.45, 7) is -0.190. The number of nitrogens with one attached hydrogen (secondary N) is 2. The first-order valence-electron chi connectivity index (χ1n) is 6.31. The maximum atomic E-state index is 11.8. The molecule has 118 valence electrons. The highest BCUT2D eigenvalue weighted by atomic mass is 79.9. The van der Waals surface area contributed by atoms with Crippen LogP contribution in [-0.2, 0) is 4.79 Å². The molecule has 3 aromatic rings. The van der Waals surface area contributed by atoms with Gasteiger partial charge in [-0.3, -0.25) is 14.9 Å². The molecular formula is C13H9BrN4O3S2. The van der Waals surface area contributed by atoms with Crippen LogP contribution in [0.15, 0.2) is 38.0 Å². The number of carbonyl (C=O) groups excluding carboxylic acids is 2. The molecule has 0 aromatic carbocycles. The fourth-order valence-corrected chi connectivity index (χ4v) is 3.40. The molecule has 0 fully saturated rings. The number of hydrogen-bond acceptors (Lipinski definition) is 7. The Labute approximate surface area is 146 Å². The van der Waals surface area contributed by atoms with Crippen LogP contribution < -0.4 is 10.6 Å². The van der Waals surface area contributed by atoms with Crippen molar-refractivity contribution in [2.24, 2.45) is 0 Å². The molecule has 0 saturated heterocycles. The summed E-state index contributed by atoms with van der Waals surface area (Å²) in [6, 6.07) is 5.04. The van der Waals surface area contributed by atoms with E-state index in [4.69, 9.17) is 4.42 Å². The zero-order valence-corrected chi connectivity index (χ0v) is 14.6. The minimum absolute atomic E-state index is 0.125. The summed E-state index contributed by atoms with van der Waals surface area (Å²) in [5.41, 5.74) is 0.963. The van der Waals surface area contributed by atoms with Crippen LogP contribution in [0.25, 0.3) is 10.6 Å². The molecule has 0 unspecified atom stereocenters. The standard InChI is InChI=1S/C13H9BrN4O3S2/c14-9-2-1-8(21-9)11(20)15-5-10(19)16-13-18-17-12(23-13)7-3-4-22-6-7/h1-4,6H,5H2,(H,15,20)(H,16,18,19). The Morgan fingerprint density at radius 2 is 2.13 bits per heavy atom. The molecule has 3 aromatic heterocycles. The zero-order chi connectivity index (χ0) is 16.2. The second-order valence-electron chi connectivity index (χ2n) is 4.26. The Morgan fingerprint density at radius 1 is 1.26 bits per heavy atom. The lowest BCUT2D eigenvalue weighted by Crippen LogP contribution is -2.32. The number of furan rings is 1. The third-order valence-electron chi connectivity index (χ3n) is 2.65. The van der Waals surface area contributed by atoms with Crippen LogP contribution in [-0.4, -0.2) is 28.6 Å². The molecule has 0 atom stereocenters. The van der Waals surface area contributed by atoms with Crippen molar-refractivity contribution in [2.45, 2.75) is 0 Å². The highest BCUT2D eigenvalue weighted by molar-refractivity contribution is 9.10. The van der Waals surface area contributed by atoms with Gasteiger partial charge in [0.1, 0.15) is 5.01 Å². The lowest BCUT2D eigenvalue weighted by Gasteiger charge is -2.02. The molecule has 7 nitrogen and oxygen atoms in total. The number of rotatable bonds is 5. The lowest BCUT2D eigenvalue weighted by molar-refractivity contribution is -0.115. The first-order valence-corrected chi connectivity index (χ1v) is 8.86. The van der Waals surface area contributed by atoms with Crippen molar-refractivity contribution in [3.05, 3.63) is 39.4 Å². The second kappa shape index (κ2) is 7.02. The molecule has 2 amide bonds. The number of thiophene rings is 1. The van der Waals surface area contributed by atoms with Crippen molar-refractivity contribution in [1.82, 2.24) is 15.5 Å². The minimum Gasteiger partial charge on any atom is -0.444 e. The van der Waals surface area contributed by atoms with Gasteiger partial charge in [0.25, 0.3) is 5.91 Å². The van der Waals surface area contributed by atoms with Crippen LogP contribution in [0.5, 0.6) is 0 Å². The van der Waals surface area contributed by atoms with Crippen LogP contribution in [0.3, 0.4) is 0 Å². The van der Waals surface area contributed by atoms with Crippen LogP contribution >= 0.6 is 38.6 Å². The van der Waals surface area contributed by atoms with Gasteiger partial charge in [0.05, 0.1) is 6.54 Å². The molecule has 23 heavy (non-hydrogen) atoms. The van der Waals surface area contributed by atoms with Crippen molar-refractivity contribution in [2.75, 3.05) is 11.9 Å². The van der Waals surface area contributed by atoms with E-state index in [2.05, 4.69) is 36.8 Å². The van der Waals surface area contributed by atoms with Crippen LogP contribution in [0.4, 0.5) is 5.13 Å². The smallest absolute Gasteiger partial charge is 0.287 e. The van der Waals surface area contributed by atoms with E-state index < -0.39 is 11.8 Å². The number of nitrogens with zero attached hydrogens (tertiary/aromatic N) is 2. The van der Waals surface area contributed by atoms with Gasteiger partial charge >= 0.3 is 0 Å². The summed E-state index contributed by atoms with van der Waals surface area (Å²) in [5.74, 6) is -0.737. The molecule has 0 radical (unpaired) electrons. The summed E-state index contributed by atoms with van der Waals surface area (Å²) >= 11 is 5.93. The van der Waals surface area contributed by atoms with E-state index in [1.54, 1.807) is 17.4 Å². The monoisotopic (exact) mass is 412 g/mol. The predicted molar refractivity (Wildman–Crippen MR) is 90.6 cm³/mol. The number of amides is 2. The van der Waals surface area contributed by atoms with E-state index in [1.165, 1.54) is 17.4 Å². The molecule has 3 heterocycles. The molecular weight excluding hydrogens is 404 g/mol.